The number of carboxylic acid groups (broad SMARTS) is 1. The van der Waals surface area contributed by atoms with Crippen molar-refractivity contribution < 1.29 is 23.1 Å². The van der Waals surface area contributed by atoms with E-state index in [1.54, 1.807) is 6.07 Å². The molecule has 0 fully saturated rings. The molecule has 0 saturated carbocycles. The van der Waals surface area contributed by atoms with Crippen molar-refractivity contribution in [3.05, 3.63) is 65.2 Å². The molecule has 0 atom stereocenters. The second kappa shape index (κ2) is 6.15. The highest BCUT2D eigenvalue weighted by Gasteiger charge is 2.30. The fourth-order valence-electron chi connectivity index (χ4n) is 1.77. The summed E-state index contributed by atoms with van der Waals surface area (Å²) in [5, 5.41) is 11.6. The Morgan fingerprint density at radius 1 is 1.05 bits per heavy atom. The normalized spacial score (nSPS) is 11.0. The van der Waals surface area contributed by atoms with Crippen LogP contribution in [0.4, 0.5) is 18.9 Å². The number of halogens is 3. The Hall–Kier alpha value is -2.41. The lowest BCUT2D eigenvalue weighted by atomic mass is 10.1. The average molecular weight is 325 g/mol. The molecule has 0 radical (unpaired) electrons. The summed E-state index contributed by atoms with van der Waals surface area (Å²) in [6, 6.07) is 10.5. The van der Waals surface area contributed by atoms with E-state index >= 15 is 0 Å². The second-order valence-electron chi connectivity index (χ2n) is 4.42. The zero-order valence-electron chi connectivity index (χ0n) is 11.0. The van der Waals surface area contributed by atoms with Crippen LogP contribution < -0.4 is 5.32 Å². The summed E-state index contributed by atoms with van der Waals surface area (Å²) >= 11 is 5.07. The Labute approximate surface area is 129 Å². The lowest BCUT2D eigenvalue weighted by Gasteiger charge is -2.11. The molecule has 0 unspecified atom stereocenters. The number of carbonyl (C=O) groups is 1. The summed E-state index contributed by atoms with van der Waals surface area (Å²) in [5.74, 6) is -1.10. The molecule has 22 heavy (non-hydrogen) atoms. The zero-order valence-corrected chi connectivity index (χ0v) is 11.8. The summed E-state index contributed by atoms with van der Waals surface area (Å²) in [6.45, 7) is 0. The van der Waals surface area contributed by atoms with Crippen molar-refractivity contribution in [1.29, 1.82) is 0 Å². The predicted molar refractivity (Wildman–Crippen MR) is 80.2 cm³/mol. The average Bonchev–Trinajstić information content (AvgIpc) is 2.46. The summed E-state index contributed by atoms with van der Waals surface area (Å²) in [6.07, 6.45) is -4.45. The third-order valence-electron chi connectivity index (χ3n) is 2.82. The Kier molecular flexibility index (Phi) is 4.46. The molecular weight excluding hydrogens is 315 g/mol. The molecule has 2 N–H and O–H groups in total. The highest BCUT2D eigenvalue weighted by atomic mass is 32.1. The molecule has 114 valence electrons. The van der Waals surface area contributed by atoms with Gasteiger partial charge in [0.05, 0.1) is 11.1 Å². The van der Waals surface area contributed by atoms with E-state index in [4.69, 9.17) is 17.3 Å². The molecule has 3 nitrogen and oxygen atoms in total. The molecule has 0 amide bonds. The number of carboxylic acids is 1. The first-order chi connectivity index (χ1) is 10.3. The van der Waals surface area contributed by atoms with Gasteiger partial charge in [-0.1, -0.05) is 30.4 Å². The molecule has 0 bridgehead atoms. The summed E-state index contributed by atoms with van der Waals surface area (Å²) in [5.41, 5.74) is -0.154. The van der Waals surface area contributed by atoms with Crippen LogP contribution in [0.5, 0.6) is 0 Å². The van der Waals surface area contributed by atoms with Gasteiger partial charge in [0.1, 0.15) is 4.99 Å². The largest absolute Gasteiger partial charge is 0.478 e. The first-order valence-corrected chi connectivity index (χ1v) is 6.50. The van der Waals surface area contributed by atoms with E-state index in [1.165, 1.54) is 30.3 Å². The maximum absolute atomic E-state index is 12.7. The fraction of sp³-hybridized carbons (Fsp3) is 0.0667. The summed E-state index contributed by atoms with van der Waals surface area (Å²) in [7, 11) is 0. The van der Waals surface area contributed by atoms with E-state index in [-0.39, 0.29) is 16.1 Å². The van der Waals surface area contributed by atoms with Crippen LogP contribution in [0.15, 0.2) is 48.5 Å². The number of anilines is 1. The van der Waals surface area contributed by atoms with Crippen LogP contribution in [0.1, 0.15) is 21.5 Å². The number of nitrogens with one attached hydrogen (secondary N) is 1. The van der Waals surface area contributed by atoms with E-state index in [1.807, 2.05) is 0 Å². The van der Waals surface area contributed by atoms with Gasteiger partial charge in [-0.25, -0.2) is 4.79 Å². The smallest absolute Gasteiger partial charge is 0.416 e. The molecule has 0 saturated heterocycles. The van der Waals surface area contributed by atoms with Crippen LogP contribution in [-0.4, -0.2) is 16.1 Å². The molecule has 0 heterocycles. The van der Waals surface area contributed by atoms with Gasteiger partial charge in [0.2, 0.25) is 0 Å². The number of aromatic carboxylic acids is 1. The summed E-state index contributed by atoms with van der Waals surface area (Å²) < 4.78 is 38.0. The SMILES string of the molecule is O=C(O)c1cccc(NC(=S)c2cccc(C(F)(F)F)c2)c1. The van der Waals surface area contributed by atoms with Gasteiger partial charge in [-0.05, 0) is 30.3 Å². The Bertz CT molecular complexity index is 729. The maximum atomic E-state index is 12.7. The molecular formula is C15H10F3NO2S. The molecule has 0 aliphatic rings. The van der Waals surface area contributed by atoms with Crippen LogP contribution in [0.2, 0.25) is 0 Å². The minimum atomic E-state index is -4.45. The topological polar surface area (TPSA) is 49.3 Å². The number of alkyl halides is 3. The van der Waals surface area contributed by atoms with Crippen molar-refractivity contribution >= 4 is 28.9 Å². The second-order valence-corrected chi connectivity index (χ2v) is 4.83. The maximum Gasteiger partial charge on any atom is 0.416 e. The Balaban J connectivity index is 2.23. The zero-order chi connectivity index (χ0) is 16.3. The monoisotopic (exact) mass is 325 g/mol. The molecule has 7 heteroatoms. The first-order valence-electron chi connectivity index (χ1n) is 6.09. The first kappa shape index (κ1) is 16.0. The Morgan fingerprint density at radius 2 is 1.68 bits per heavy atom. The van der Waals surface area contributed by atoms with Gasteiger partial charge in [0.15, 0.2) is 0 Å². The van der Waals surface area contributed by atoms with Crippen molar-refractivity contribution in [2.75, 3.05) is 5.32 Å². The fourth-order valence-corrected chi connectivity index (χ4v) is 2.01. The summed E-state index contributed by atoms with van der Waals surface area (Å²) in [4.78, 5) is 11.0. The van der Waals surface area contributed by atoms with Gasteiger partial charge >= 0.3 is 12.1 Å². The van der Waals surface area contributed by atoms with Crippen LogP contribution in [0, 0.1) is 0 Å². The highest BCUT2D eigenvalue weighted by Crippen LogP contribution is 2.29. The minimum Gasteiger partial charge on any atom is -0.478 e. The van der Waals surface area contributed by atoms with Gasteiger partial charge < -0.3 is 10.4 Å². The molecule has 0 spiro atoms. The van der Waals surface area contributed by atoms with E-state index in [9.17, 15) is 18.0 Å². The third-order valence-corrected chi connectivity index (χ3v) is 3.16. The van der Waals surface area contributed by atoms with Crippen molar-refractivity contribution in [3.8, 4) is 0 Å². The van der Waals surface area contributed by atoms with Crippen molar-refractivity contribution in [2.24, 2.45) is 0 Å². The molecule has 2 aromatic carbocycles. The van der Waals surface area contributed by atoms with Gasteiger partial charge in [0.25, 0.3) is 0 Å². The Morgan fingerprint density at radius 3 is 2.32 bits per heavy atom. The van der Waals surface area contributed by atoms with E-state index in [2.05, 4.69) is 5.32 Å². The molecule has 0 aliphatic heterocycles. The lowest BCUT2D eigenvalue weighted by Crippen LogP contribution is -2.13. The number of rotatable bonds is 3. The van der Waals surface area contributed by atoms with Crippen molar-refractivity contribution in [3.63, 3.8) is 0 Å². The third kappa shape index (κ3) is 3.82. The van der Waals surface area contributed by atoms with Crippen LogP contribution in [0.3, 0.4) is 0 Å². The van der Waals surface area contributed by atoms with Gasteiger partial charge in [-0.15, -0.1) is 0 Å². The quantitative estimate of drug-likeness (QED) is 0.831. The predicted octanol–water partition coefficient (Wildman–Crippen LogP) is 4.19. The van der Waals surface area contributed by atoms with Crippen molar-refractivity contribution in [1.82, 2.24) is 0 Å². The number of thiocarbonyl (C=S) groups is 1. The van der Waals surface area contributed by atoms with E-state index in [0.717, 1.165) is 12.1 Å². The minimum absolute atomic E-state index is 0.0526. The molecule has 2 aromatic rings. The van der Waals surface area contributed by atoms with Crippen molar-refractivity contribution in [2.45, 2.75) is 6.18 Å². The van der Waals surface area contributed by atoms with Gasteiger partial charge in [-0.3, -0.25) is 0 Å². The number of hydrogen-bond acceptors (Lipinski definition) is 2. The van der Waals surface area contributed by atoms with E-state index in [0.29, 0.717) is 5.69 Å². The van der Waals surface area contributed by atoms with Crippen LogP contribution in [-0.2, 0) is 6.18 Å². The number of hydrogen-bond donors (Lipinski definition) is 2. The molecule has 0 aliphatic carbocycles. The number of benzene rings is 2. The molecule has 0 aromatic heterocycles. The van der Waals surface area contributed by atoms with Crippen LogP contribution >= 0.6 is 12.2 Å². The van der Waals surface area contributed by atoms with Gasteiger partial charge in [-0.2, -0.15) is 13.2 Å². The standard InChI is InChI=1S/C15H10F3NO2S/c16-15(17,18)11-5-1-3-9(7-11)13(22)19-12-6-2-4-10(8-12)14(20)21/h1-8H,(H,19,22)(H,20,21). The van der Waals surface area contributed by atoms with Crippen LogP contribution in [0.25, 0.3) is 0 Å². The van der Waals surface area contributed by atoms with E-state index < -0.39 is 17.7 Å². The van der Waals surface area contributed by atoms with Gasteiger partial charge in [0, 0.05) is 11.3 Å². The highest BCUT2D eigenvalue weighted by molar-refractivity contribution is 7.81. The molecule has 2 rings (SSSR count). The lowest BCUT2D eigenvalue weighted by molar-refractivity contribution is -0.137.